The standard InChI is InChI=1S/C10H19N/c1-3-7-10(4-2)11-8-5-6-9-11/h7H,3-6,8-9H2,1-2H3. The number of rotatable bonds is 3. The van der Waals surface area contributed by atoms with E-state index in [2.05, 4.69) is 24.8 Å². The van der Waals surface area contributed by atoms with E-state index in [9.17, 15) is 0 Å². The number of likely N-dealkylation sites (tertiary alicyclic amines) is 1. The molecule has 1 heterocycles. The summed E-state index contributed by atoms with van der Waals surface area (Å²) in [5.74, 6) is 0. The molecular formula is C10H19N. The summed E-state index contributed by atoms with van der Waals surface area (Å²) in [6, 6.07) is 0. The smallest absolute Gasteiger partial charge is 0.0175 e. The molecule has 0 saturated carbocycles. The molecule has 1 aliphatic rings. The lowest BCUT2D eigenvalue weighted by Gasteiger charge is -2.20. The number of hydrogen-bond acceptors (Lipinski definition) is 1. The van der Waals surface area contributed by atoms with Gasteiger partial charge < -0.3 is 4.90 Å². The molecule has 1 aliphatic heterocycles. The number of nitrogens with zero attached hydrogens (tertiary/aromatic N) is 1. The molecule has 0 spiro atoms. The van der Waals surface area contributed by atoms with Crippen LogP contribution in [0.1, 0.15) is 39.5 Å². The molecule has 0 aromatic heterocycles. The van der Waals surface area contributed by atoms with Crippen molar-refractivity contribution in [3.63, 3.8) is 0 Å². The second-order valence-corrected chi connectivity index (χ2v) is 3.15. The maximum Gasteiger partial charge on any atom is 0.0175 e. The van der Waals surface area contributed by atoms with E-state index in [1.807, 2.05) is 0 Å². The molecule has 0 bridgehead atoms. The second-order valence-electron chi connectivity index (χ2n) is 3.15. The summed E-state index contributed by atoms with van der Waals surface area (Å²) in [5.41, 5.74) is 1.56. The summed E-state index contributed by atoms with van der Waals surface area (Å²) >= 11 is 0. The quantitative estimate of drug-likeness (QED) is 0.602. The van der Waals surface area contributed by atoms with Crippen LogP contribution < -0.4 is 0 Å². The Balaban J connectivity index is 2.46. The lowest BCUT2D eigenvalue weighted by Crippen LogP contribution is -2.17. The Labute approximate surface area is 70.1 Å². The Kier molecular flexibility index (Phi) is 3.47. The fourth-order valence-corrected chi connectivity index (χ4v) is 1.74. The van der Waals surface area contributed by atoms with Crippen molar-refractivity contribution < 1.29 is 0 Å². The van der Waals surface area contributed by atoms with Gasteiger partial charge in [-0.3, -0.25) is 0 Å². The maximum absolute atomic E-state index is 2.53. The van der Waals surface area contributed by atoms with Crippen LogP contribution in [0.2, 0.25) is 0 Å². The summed E-state index contributed by atoms with van der Waals surface area (Å²) in [7, 11) is 0. The van der Waals surface area contributed by atoms with Gasteiger partial charge in [0.2, 0.25) is 0 Å². The Bertz CT molecular complexity index is 132. The molecule has 0 aromatic rings. The number of hydrogen-bond donors (Lipinski definition) is 0. The van der Waals surface area contributed by atoms with Gasteiger partial charge in [-0.15, -0.1) is 0 Å². The lowest BCUT2D eigenvalue weighted by atomic mass is 10.2. The first-order valence-corrected chi connectivity index (χ1v) is 4.82. The topological polar surface area (TPSA) is 3.24 Å². The van der Waals surface area contributed by atoms with Crippen LogP contribution in [0.15, 0.2) is 11.8 Å². The zero-order chi connectivity index (χ0) is 8.10. The minimum Gasteiger partial charge on any atom is -0.375 e. The average molecular weight is 153 g/mol. The van der Waals surface area contributed by atoms with Gasteiger partial charge in [0.05, 0.1) is 0 Å². The third-order valence-electron chi connectivity index (χ3n) is 2.31. The van der Waals surface area contributed by atoms with E-state index in [1.165, 1.54) is 38.8 Å². The van der Waals surface area contributed by atoms with Crippen molar-refractivity contribution in [2.75, 3.05) is 13.1 Å². The van der Waals surface area contributed by atoms with Gasteiger partial charge in [0.1, 0.15) is 0 Å². The zero-order valence-electron chi connectivity index (χ0n) is 7.77. The van der Waals surface area contributed by atoms with Gasteiger partial charge in [-0.25, -0.2) is 0 Å². The number of allylic oxidation sites excluding steroid dienone is 2. The van der Waals surface area contributed by atoms with Crippen LogP contribution in [0.4, 0.5) is 0 Å². The fraction of sp³-hybridized carbons (Fsp3) is 0.800. The van der Waals surface area contributed by atoms with E-state index in [4.69, 9.17) is 0 Å². The van der Waals surface area contributed by atoms with E-state index >= 15 is 0 Å². The largest absolute Gasteiger partial charge is 0.375 e. The van der Waals surface area contributed by atoms with Gasteiger partial charge in [-0.1, -0.05) is 19.9 Å². The van der Waals surface area contributed by atoms with Crippen molar-refractivity contribution in [2.24, 2.45) is 0 Å². The molecular weight excluding hydrogens is 134 g/mol. The van der Waals surface area contributed by atoms with Crippen molar-refractivity contribution in [2.45, 2.75) is 39.5 Å². The molecule has 1 nitrogen and oxygen atoms in total. The Morgan fingerprint density at radius 3 is 2.36 bits per heavy atom. The molecule has 0 amide bonds. The summed E-state index contributed by atoms with van der Waals surface area (Å²) in [4.78, 5) is 2.53. The summed E-state index contributed by atoms with van der Waals surface area (Å²) in [6.07, 6.45) is 7.53. The predicted octanol–water partition coefficient (Wildman–Crippen LogP) is 2.79. The highest BCUT2D eigenvalue weighted by atomic mass is 15.1. The molecule has 0 radical (unpaired) electrons. The average Bonchev–Trinajstić information content (AvgIpc) is 2.52. The van der Waals surface area contributed by atoms with Crippen LogP contribution in [-0.2, 0) is 0 Å². The monoisotopic (exact) mass is 153 g/mol. The predicted molar refractivity (Wildman–Crippen MR) is 49.5 cm³/mol. The first-order valence-electron chi connectivity index (χ1n) is 4.82. The maximum atomic E-state index is 2.53. The summed E-state index contributed by atoms with van der Waals surface area (Å²) in [6.45, 7) is 7.05. The molecule has 0 aliphatic carbocycles. The van der Waals surface area contributed by atoms with Crippen molar-refractivity contribution >= 4 is 0 Å². The molecule has 0 N–H and O–H groups in total. The van der Waals surface area contributed by atoms with E-state index in [0.717, 1.165) is 0 Å². The van der Waals surface area contributed by atoms with Gasteiger partial charge in [0.25, 0.3) is 0 Å². The van der Waals surface area contributed by atoms with Crippen molar-refractivity contribution in [1.82, 2.24) is 4.90 Å². The van der Waals surface area contributed by atoms with Crippen LogP contribution in [0.5, 0.6) is 0 Å². The molecule has 0 aromatic carbocycles. The van der Waals surface area contributed by atoms with Crippen molar-refractivity contribution in [3.05, 3.63) is 11.8 Å². The van der Waals surface area contributed by atoms with Crippen LogP contribution in [0, 0.1) is 0 Å². The van der Waals surface area contributed by atoms with Crippen LogP contribution in [-0.4, -0.2) is 18.0 Å². The van der Waals surface area contributed by atoms with Crippen LogP contribution in [0.3, 0.4) is 0 Å². The summed E-state index contributed by atoms with van der Waals surface area (Å²) in [5, 5.41) is 0. The molecule has 0 atom stereocenters. The van der Waals surface area contributed by atoms with Crippen LogP contribution >= 0.6 is 0 Å². The van der Waals surface area contributed by atoms with E-state index in [0.29, 0.717) is 0 Å². The van der Waals surface area contributed by atoms with Gasteiger partial charge in [-0.05, 0) is 25.7 Å². The second kappa shape index (κ2) is 4.42. The van der Waals surface area contributed by atoms with Gasteiger partial charge in [0, 0.05) is 18.8 Å². The lowest BCUT2D eigenvalue weighted by molar-refractivity contribution is 0.411. The molecule has 11 heavy (non-hydrogen) atoms. The highest BCUT2D eigenvalue weighted by molar-refractivity contribution is 5.01. The fourth-order valence-electron chi connectivity index (χ4n) is 1.74. The summed E-state index contributed by atoms with van der Waals surface area (Å²) < 4.78 is 0. The van der Waals surface area contributed by atoms with Crippen molar-refractivity contribution in [3.8, 4) is 0 Å². The van der Waals surface area contributed by atoms with E-state index in [-0.39, 0.29) is 0 Å². The first kappa shape index (κ1) is 8.63. The van der Waals surface area contributed by atoms with Gasteiger partial charge in [0.15, 0.2) is 0 Å². The molecule has 1 rings (SSSR count). The van der Waals surface area contributed by atoms with Gasteiger partial charge in [-0.2, -0.15) is 0 Å². The Hall–Kier alpha value is -0.460. The molecule has 0 unspecified atom stereocenters. The molecule has 1 fully saturated rings. The van der Waals surface area contributed by atoms with Crippen molar-refractivity contribution in [1.29, 1.82) is 0 Å². The molecule has 64 valence electrons. The Morgan fingerprint density at radius 1 is 1.27 bits per heavy atom. The minimum atomic E-state index is 1.18. The first-order chi connectivity index (χ1) is 5.38. The SMILES string of the molecule is CCC=C(CC)N1CCCC1. The third-order valence-corrected chi connectivity index (χ3v) is 2.31. The molecule has 1 heteroatoms. The zero-order valence-corrected chi connectivity index (χ0v) is 7.77. The van der Waals surface area contributed by atoms with Crippen LogP contribution in [0.25, 0.3) is 0 Å². The normalized spacial score (nSPS) is 19.5. The minimum absolute atomic E-state index is 1.18. The Morgan fingerprint density at radius 2 is 1.91 bits per heavy atom. The highest BCUT2D eigenvalue weighted by Crippen LogP contribution is 2.17. The molecule has 1 saturated heterocycles. The third kappa shape index (κ3) is 2.25. The van der Waals surface area contributed by atoms with Gasteiger partial charge >= 0.3 is 0 Å². The van der Waals surface area contributed by atoms with E-state index < -0.39 is 0 Å². The van der Waals surface area contributed by atoms with E-state index in [1.54, 1.807) is 5.70 Å². The highest BCUT2D eigenvalue weighted by Gasteiger charge is 2.12.